The van der Waals surface area contributed by atoms with E-state index < -0.39 is 0 Å². The van der Waals surface area contributed by atoms with Gasteiger partial charge in [-0.3, -0.25) is 0 Å². The topological polar surface area (TPSA) is 26.0 Å². The molecule has 2 fully saturated rings. The molecule has 88 valence electrons. The van der Waals surface area contributed by atoms with E-state index in [4.69, 9.17) is 5.73 Å². The second kappa shape index (κ2) is 5.58. The van der Waals surface area contributed by atoms with Crippen LogP contribution < -0.4 is 5.73 Å². The molecule has 2 aliphatic carbocycles. The van der Waals surface area contributed by atoms with Crippen molar-refractivity contribution < 1.29 is 0 Å². The lowest BCUT2D eigenvalue weighted by molar-refractivity contribution is 0.356. The van der Waals surface area contributed by atoms with Gasteiger partial charge in [0.1, 0.15) is 0 Å². The van der Waals surface area contributed by atoms with E-state index >= 15 is 0 Å². The van der Waals surface area contributed by atoms with Crippen LogP contribution in [0.4, 0.5) is 0 Å². The van der Waals surface area contributed by atoms with Gasteiger partial charge in [0.2, 0.25) is 0 Å². The zero-order valence-electron chi connectivity index (χ0n) is 9.95. The molecule has 3 atom stereocenters. The van der Waals surface area contributed by atoms with Crippen molar-refractivity contribution in [3.63, 3.8) is 0 Å². The lowest BCUT2D eigenvalue weighted by Gasteiger charge is -2.35. The lowest BCUT2D eigenvalue weighted by atomic mass is 9.87. The molecule has 2 rings (SSSR count). The van der Waals surface area contributed by atoms with Crippen molar-refractivity contribution in [1.82, 2.24) is 0 Å². The Hall–Kier alpha value is 0.310. The molecule has 0 aromatic carbocycles. The van der Waals surface area contributed by atoms with Gasteiger partial charge in [-0.25, -0.2) is 0 Å². The van der Waals surface area contributed by atoms with Crippen molar-refractivity contribution in [2.24, 2.45) is 11.7 Å². The molecule has 15 heavy (non-hydrogen) atoms. The van der Waals surface area contributed by atoms with Crippen LogP contribution in [-0.2, 0) is 0 Å². The quantitative estimate of drug-likeness (QED) is 0.780. The maximum Gasteiger partial charge on any atom is 0.0204 e. The molecule has 0 aromatic rings. The first-order chi connectivity index (χ1) is 7.25. The molecule has 0 aromatic heterocycles. The molecule has 3 unspecified atom stereocenters. The van der Waals surface area contributed by atoms with Gasteiger partial charge in [0.25, 0.3) is 0 Å². The standard InChI is InChI=1S/C13H25NS/c1-10-7-8-12(14)13(9-10)15-11-5-3-2-4-6-11/h10-13H,2-9,14H2,1H3. The average Bonchev–Trinajstić information content (AvgIpc) is 2.25. The zero-order chi connectivity index (χ0) is 10.7. The molecular formula is C13H25NS. The highest BCUT2D eigenvalue weighted by molar-refractivity contribution is 8.00. The van der Waals surface area contributed by atoms with Crippen molar-refractivity contribution in [3.05, 3.63) is 0 Å². The fourth-order valence-electron chi connectivity index (χ4n) is 2.96. The third kappa shape index (κ3) is 3.39. The van der Waals surface area contributed by atoms with Crippen molar-refractivity contribution in [2.75, 3.05) is 0 Å². The monoisotopic (exact) mass is 227 g/mol. The molecule has 0 saturated heterocycles. The van der Waals surface area contributed by atoms with E-state index in [9.17, 15) is 0 Å². The summed E-state index contributed by atoms with van der Waals surface area (Å²) in [5, 5.41) is 1.69. The molecule has 0 bridgehead atoms. The molecule has 2 heteroatoms. The summed E-state index contributed by atoms with van der Waals surface area (Å²) >= 11 is 2.23. The van der Waals surface area contributed by atoms with Crippen molar-refractivity contribution in [3.8, 4) is 0 Å². The summed E-state index contributed by atoms with van der Waals surface area (Å²) in [5.41, 5.74) is 6.24. The van der Waals surface area contributed by atoms with Gasteiger partial charge >= 0.3 is 0 Å². The van der Waals surface area contributed by atoms with Crippen LogP contribution in [0.1, 0.15) is 58.3 Å². The van der Waals surface area contributed by atoms with Crippen molar-refractivity contribution >= 4 is 11.8 Å². The first-order valence-corrected chi connectivity index (χ1v) is 7.61. The predicted octanol–water partition coefficient (Wildman–Crippen LogP) is 3.57. The van der Waals surface area contributed by atoms with E-state index in [-0.39, 0.29) is 0 Å². The second-order valence-electron chi connectivity index (χ2n) is 5.52. The first kappa shape index (κ1) is 11.8. The number of thioether (sulfide) groups is 1. The van der Waals surface area contributed by atoms with Crippen LogP contribution in [0.5, 0.6) is 0 Å². The Bertz CT molecular complexity index is 189. The summed E-state index contributed by atoms with van der Waals surface area (Å²) in [6, 6.07) is 0.480. The maximum atomic E-state index is 6.24. The number of hydrogen-bond acceptors (Lipinski definition) is 2. The van der Waals surface area contributed by atoms with E-state index in [1.54, 1.807) is 0 Å². The van der Waals surface area contributed by atoms with Gasteiger partial charge < -0.3 is 5.73 Å². The largest absolute Gasteiger partial charge is 0.327 e. The van der Waals surface area contributed by atoms with E-state index in [1.807, 2.05) is 0 Å². The van der Waals surface area contributed by atoms with Gasteiger partial charge in [0.15, 0.2) is 0 Å². The van der Waals surface area contributed by atoms with Gasteiger partial charge in [-0.05, 0) is 38.0 Å². The fourth-order valence-corrected chi connectivity index (χ4v) is 4.83. The molecule has 1 nitrogen and oxygen atoms in total. The summed E-state index contributed by atoms with van der Waals surface area (Å²) in [7, 11) is 0. The van der Waals surface area contributed by atoms with Gasteiger partial charge in [0.05, 0.1) is 0 Å². The highest BCUT2D eigenvalue weighted by Gasteiger charge is 2.29. The minimum absolute atomic E-state index is 0.480. The molecule has 2 N–H and O–H groups in total. The van der Waals surface area contributed by atoms with Crippen LogP contribution in [0.15, 0.2) is 0 Å². The third-order valence-electron chi connectivity index (χ3n) is 4.02. The van der Waals surface area contributed by atoms with E-state index in [1.165, 1.54) is 51.4 Å². The molecule has 0 aliphatic heterocycles. The second-order valence-corrected chi connectivity index (χ2v) is 7.06. The Morgan fingerprint density at radius 1 is 1.00 bits per heavy atom. The van der Waals surface area contributed by atoms with Crippen molar-refractivity contribution in [1.29, 1.82) is 0 Å². The summed E-state index contributed by atoms with van der Waals surface area (Å²) < 4.78 is 0. The van der Waals surface area contributed by atoms with E-state index in [0.717, 1.165) is 16.4 Å². The van der Waals surface area contributed by atoms with Gasteiger partial charge in [0, 0.05) is 16.5 Å². The number of hydrogen-bond donors (Lipinski definition) is 1. The molecular weight excluding hydrogens is 202 g/mol. The fraction of sp³-hybridized carbons (Fsp3) is 1.00. The van der Waals surface area contributed by atoms with Crippen LogP contribution in [0.2, 0.25) is 0 Å². The normalized spacial score (nSPS) is 39.2. The Morgan fingerprint density at radius 3 is 2.47 bits per heavy atom. The molecule has 0 heterocycles. The van der Waals surface area contributed by atoms with Crippen LogP contribution in [0.3, 0.4) is 0 Å². The van der Waals surface area contributed by atoms with Crippen molar-refractivity contribution in [2.45, 2.75) is 74.8 Å². The van der Waals surface area contributed by atoms with Crippen LogP contribution in [-0.4, -0.2) is 16.5 Å². The van der Waals surface area contributed by atoms with E-state index in [0.29, 0.717) is 6.04 Å². The summed E-state index contributed by atoms with van der Waals surface area (Å²) in [4.78, 5) is 0. The summed E-state index contributed by atoms with van der Waals surface area (Å²) in [5.74, 6) is 0.908. The van der Waals surface area contributed by atoms with Crippen LogP contribution in [0.25, 0.3) is 0 Å². The minimum Gasteiger partial charge on any atom is -0.327 e. The molecule has 0 radical (unpaired) electrons. The SMILES string of the molecule is CC1CCC(N)C(SC2CCCCC2)C1. The maximum absolute atomic E-state index is 6.24. The predicted molar refractivity (Wildman–Crippen MR) is 69.2 cm³/mol. The molecule has 2 saturated carbocycles. The minimum atomic E-state index is 0.480. The Labute approximate surface area is 98.6 Å². The summed E-state index contributed by atoms with van der Waals surface area (Å²) in [6.45, 7) is 2.39. The first-order valence-electron chi connectivity index (χ1n) is 6.66. The van der Waals surface area contributed by atoms with Gasteiger partial charge in [-0.15, -0.1) is 0 Å². The van der Waals surface area contributed by atoms with E-state index in [2.05, 4.69) is 18.7 Å². The van der Waals surface area contributed by atoms with Gasteiger partial charge in [-0.1, -0.05) is 26.2 Å². The van der Waals surface area contributed by atoms with Crippen LogP contribution >= 0.6 is 11.8 Å². The third-order valence-corrected chi connectivity index (χ3v) is 5.77. The Balaban J connectivity index is 1.80. The van der Waals surface area contributed by atoms with Crippen LogP contribution in [0, 0.1) is 5.92 Å². The molecule has 0 amide bonds. The highest BCUT2D eigenvalue weighted by Crippen LogP contribution is 2.38. The Kier molecular flexibility index (Phi) is 4.39. The number of rotatable bonds is 2. The zero-order valence-corrected chi connectivity index (χ0v) is 10.8. The molecule has 0 spiro atoms. The molecule has 2 aliphatic rings. The smallest absolute Gasteiger partial charge is 0.0204 e. The summed E-state index contributed by atoms with van der Waals surface area (Å²) in [6.07, 6.45) is 11.2. The lowest BCUT2D eigenvalue weighted by Crippen LogP contribution is -2.39. The number of nitrogens with two attached hydrogens (primary N) is 1. The van der Waals surface area contributed by atoms with Gasteiger partial charge in [-0.2, -0.15) is 11.8 Å². The average molecular weight is 227 g/mol. The highest BCUT2D eigenvalue weighted by atomic mass is 32.2. The Morgan fingerprint density at radius 2 is 1.73 bits per heavy atom.